The first-order chi connectivity index (χ1) is 16.2. The number of hydrogen-bond acceptors (Lipinski definition) is 7. The van der Waals surface area contributed by atoms with E-state index in [2.05, 4.69) is 30.7 Å². The first-order valence-corrected chi connectivity index (χ1v) is 10.8. The highest BCUT2D eigenvalue weighted by Crippen LogP contribution is 2.39. The molecule has 2 atom stereocenters. The third kappa shape index (κ3) is 4.12. The molecule has 3 aromatic heterocycles. The van der Waals surface area contributed by atoms with Crippen molar-refractivity contribution in [2.24, 2.45) is 0 Å². The summed E-state index contributed by atoms with van der Waals surface area (Å²) in [7, 11) is 0. The second kappa shape index (κ2) is 8.41. The largest absolute Gasteiger partial charge is 0.419 e. The van der Waals surface area contributed by atoms with Crippen molar-refractivity contribution in [3.8, 4) is 22.4 Å². The summed E-state index contributed by atoms with van der Waals surface area (Å²) in [5.41, 5.74) is 2.28. The van der Waals surface area contributed by atoms with E-state index in [-0.39, 0.29) is 17.7 Å². The Hall–Kier alpha value is -3.44. The Morgan fingerprint density at radius 1 is 1.21 bits per heavy atom. The maximum absolute atomic E-state index is 13.8. The average Bonchev–Trinajstić information content (AvgIpc) is 3.35. The van der Waals surface area contributed by atoms with Gasteiger partial charge < -0.3 is 25.2 Å². The van der Waals surface area contributed by atoms with E-state index in [0.29, 0.717) is 41.7 Å². The third-order valence-electron chi connectivity index (χ3n) is 6.01. The summed E-state index contributed by atoms with van der Waals surface area (Å²) in [5.74, 6) is 0.738. The van der Waals surface area contributed by atoms with Gasteiger partial charge in [-0.05, 0) is 31.9 Å². The van der Waals surface area contributed by atoms with Gasteiger partial charge in [0.25, 0.3) is 0 Å². The van der Waals surface area contributed by atoms with Crippen molar-refractivity contribution in [2.45, 2.75) is 38.6 Å². The Kier molecular flexibility index (Phi) is 5.53. The Morgan fingerprint density at radius 3 is 2.74 bits per heavy atom. The Balaban J connectivity index is 1.56. The minimum Gasteiger partial charge on any atom is -0.392 e. The molecule has 8 nitrogen and oxygen atoms in total. The quantitative estimate of drug-likeness (QED) is 0.355. The molecule has 0 amide bonds. The molecule has 0 spiro atoms. The molecule has 1 aliphatic heterocycles. The Labute approximate surface area is 192 Å². The lowest BCUT2D eigenvalue weighted by Gasteiger charge is -2.27. The van der Waals surface area contributed by atoms with Crippen LogP contribution < -0.4 is 10.6 Å². The van der Waals surface area contributed by atoms with Crippen LogP contribution in [0.25, 0.3) is 33.3 Å². The highest BCUT2D eigenvalue weighted by molar-refractivity contribution is 5.97. The number of hydrogen-bond donors (Lipinski definition) is 4. The number of anilines is 1. The molecule has 34 heavy (non-hydrogen) atoms. The molecule has 4 N–H and O–H groups in total. The molecule has 5 rings (SSSR count). The SMILES string of the molecule is Cc1noc(C)c1-c1ccc2c(-c3nc(N[C@@H]4CNC[C@H](O)C4)ncc3C(F)(F)F)c[nH]c2c1. The number of aryl methyl sites for hydroxylation is 2. The van der Waals surface area contributed by atoms with Gasteiger partial charge in [0.15, 0.2) is 0 Å². The van der Waals surface area contributed by atoms with Gasteiger partial charge in [-0.25, -0.2) is 9.97 Å². The highest BCUT2D eigenvalue weighted by atomic mass is 19.4. The lowest BCUT2D eigenvalue weighted by Crippen LogP contribution is -2.46. The van der Waals surface area contributed by atoms with Gasteiger partial charge in [0.2, 0.25) is 5.95 Å². The molecule has 4 aromatic rings. The van der Waals surface area contributed by atoms with Gasteiger partial charge in [0, 0.05) is 53.6 Å². The predicted octanol–water partition coefficient (Wildman–Crippen LogP) is 4.05. The van der Waals surface area contributed by atoms with Crippen LogP contribution in [-0.2, 0) is 6.18 Å². The molecule has 1 fully saturated rings. The van der Waals surface area contributed by atoms with E-state index in [9.17, 15) is 18.3 Å². The summed E-state index contributed by atoms with van der Waals surface area (Å²) in [5, 5.41) is 20.5. The number of aliphatic hydroxyl groups excluding tert-OH is 1. The first kappa shape index (κ1) is 22.4. The van der Waals surface area contributed by atoms with E-state index in [1.807, 2.05) is 26.0 Å². The van der Waals surface area contributed by atoms with E-state index in [0.717, 1.165) is 23.0 Å². The van der Waals surface area contributed by atoms with E-state index in [1.165, 1.54) is 6.20 Å². The van der Waals surface area contributed by atoms with E-state index >= 15 is 0 Å². The number of nitrogens with zero attached hydrogens (tertiary/aromatic N) is 3. The number of alkyl halides is 3. The number of H-pyrrole nitrogens is 1. The van der Waals surface area contributed by atoms with Gasteiger partial charge in [-0.1, -0.05) is 17.3 Å². The van der Waals surface area contributed by atoms with E-state index < -0.39 is 17.8 Å². The van der Waals surface area contributed by atoms with Gasteiger partial charge in [0.05, 0.1) is 17.5 Å². The normalized spacial score (nSPS) is 19.0. The Morgan fingerprint density at radius 2 is 2.03 bits per heavy atom. The number of benzene rings is 1. The zero-order chi connectivity index (χ0) is 24.0. The molecule has 0 aliphatic carbocycles. The average molecular weight is 472 g/mol. The van der Waals surface area contributed by atoms with Gasteiger partial charge in [-0.3, -0.25) is 0 Å². The fraction of sp³-hybridized carbons (Fsp3) is 0.348. The lowest BCUT2D eigenvalue weighted by molar-refractivity contribution is -0.137. The molecule has 1 aromatic carbocycles. The standard InChI is InChI=1S/C23H23F3N6O2/c1-11-20(12(2)34-32-11)13-3-4-16-17(9-28-19(16)5-13)21-18(23(24,25)26)10-29-22(31-21)30-14-6-15(33)8-27-7-14/h3-5,9-10,14-15,27-28,33H,6-8H2,1-2H3,(H,29,30,31)/t14-,15+/m0/s1. The number of nitrogens with one attached hydrogen (secondary N) is 3. The monoisotopic (exact) mass is 472 g/mol. The van der Waals surface area contributed by atoms with Crippen LogP contribution in [0.15, 0.2) is 35.1 Å². The molecular weight excluding hydrogens is 449 g/mol. The summed E-state index contributed by atoms with van der Waals surface area (Å²) >= 11 is 0. The van der Waals surface area contributed by atoms with Crippen LogP contribution >= 0.6 is 0 Å². The van der Waals surface area contributed by atoms with Crippen LogP contribution in [0, 0.1) is 13.8 Å². The van der Waals surface area contributed by atoms with Crippen molar-refractivity contribution in [3.05, 3.63) is 47.6 Å². The van der Waals surface area contributed by atoms with Crippen molar-refractivity contribution < 1.29 is 22.8 Å². The van der Waals surface area contributed by atoms with Crippen LogP contribution in [-0.4, -0.2) is 50.5 Å². The maximum Gasteiger partial charge on any atom is 0.419 e. The number of aromatic nitrogens is 4. The number of fused-ring (bicyclic) bond motifs is 1. The topological polar surface area (TPSA) is 112 Å². The first-order valence-electron chi connectivity index (χ1n) is 10.8. The zero-order valence-electron chi connectivity index (χ0n) is 18.5. The fourth-order valence-corrected chi connectivity index (χ4v) is 4.45. The van der Waals surface area contributed by atoms with Gasteiger partial charge in [-0.2, -0.15) is 13.2 Å². The molecule has 0 unspecified atom stereocenters. The molecule has 1 aliphatic rings. The van der Waals surface area contributed by atoms with Crippen LogP contribution in [0.5, 0.6) is 0 Å². The molecule has 178 valence electrons. The molecule has 1 saturated heterocycles. The van der Waals surface area contributed by atoms with Gasteiger partial charge in [0.1, 0.15) is 11.3 Å². The number of piperidine rings is 1. The summed E-state index contributed by atoms with van der Waals surface area (Å²) in [6.45, 7) is 4.67. The number of halogens is 3. The second-order valence-corrected chi connectivity index (χ2v) is 8.50. The number of aliphatic hydroxyl groups is 1. The van der Waals surface area contributed by atoms with Crippen molar-refractivity contribution in [1.29, 1.82) is 0 Å². The number of β-amino-alcohol motifs (C(OH)–C–C–N with tert-alkyl or cyclic N) is 1. The van der Waals surface area contributed by atoms with Crippen LogP contribution in [0.4, 0.5) is 19.1 Å². The number of rotatable bonds is 4. The fourth-order valence-electron chi connectivity index (χ4n) is 4.45. The van der Waals surface area contributed by atoms with Gasteiger partial charge >= 0.3 is 6.18 Å². The molecule has 0 bridgehead atoms. The van der Waals surface area contributed by atoms with Crippen molar-refractivity contribution in [2.75, 3.05) is 18.4 Å². The zero-order valence-corrected chi connectivity index (χ0v) is 18.5. The molecular formula is C23H23F3N6O2. The van der Waals surface area contributed by atoms with Gasteiger partial charge in [-0.15, -0.1) is 0 Å². The number of aromatic amines is 1. The summed E-state index contributed by atoms with van der Waals surface area (Å²) in [4.78, 5) is 11.2. The smallest absolute Gasteiger partial charge is 0.392 e. The molecule has 4 heterocycles. The minimum atomic E-state index is -4.63. The van der Waals surface area contributed by atoms with Crippen molar-refractivity contribution in [3.63, 3.8) is 0 Å². The van der Waals surface area contributed by atoms with Crippen molar-refractivity contribution >= 4 is 16.9 Å². The molecule has 11 heteroatoms. The minimum absolute atomic E-state index is 0.0746. The van der Waals surface area contributed by atoms with E-state index in [4.69, 9.17) is 4.52 Å². The summed E-state index contributed by atoms with van der Waals surface area (Å²) in [6.07, 6.45) is -2.40. The highest BCUT2D eigenvalue weighted by Gasteiger charge is 2.36. The molecule has 0 radical (unpaired) electrons. The summed E-state index contributed by atoms with van der Waals surface area (Å²) < 4.78 is 46.8. The van der Waals surface area contributed by atoms with Crippen LogP contribution in [0.2, 0.25) is 0 Å². The van der Waals surface area contributed by atoms with Crippen molar-refractivity contribution in [1.82, 2.24) is 25.4 Å². The van der Waals surface area contributed by atoms with Crippen LogP contribution in [0.3, 0.4) is 0 Å². The summed E-state index contributed by atoms with van der Waals surface area (Å²) in [6, 6.07) is 5.25. The van der Waals surface area contributed by atoms with Crippen LogP contribution in [0.1, 0.15) is 23.4 Å². The lowest BCUT2D eigenvalue weighted by atomic mass is 10.0. The van der Waals surface area contributed by atoms with E-state index in [1.54, 1.807) is 6.07 Å². The predicted molar refractivity (Wildman–Crippen MR) is 120 cm³/mol. The maximum atomic E-state index is 13.8. The third-order valence-corrected chi connectivity index (χ3v) is 6.01. The Bertz CT molecular complexity index is 1330. The second-order valence-electron chi connectivity index (χ2n) is 8.50. The molecule has 0 saturated carbocycles.